The summed E-state index contributed by atoms with van der Waals surface area (Å²) >= 11 is 18.1. The van der Waals surface area contributed by atoms with Crippen LogP contribution in [0.3, 0.4) is 0 Å². The molecule has 2 aromatic carbocycles. The first-order valence-corrected chi connectivity index (χ1v) is 7.70. The normalized spacial score (nSPS) is 12.2. The van der Waals surface area contributed by atoms with Gasteiger partial charge in [0, 0.05) is 16.6 Å². The Kier molecular flexibility index (Phi) is 5.77. The average Bonchev–Trinajstić information content (AvgIpc) is 2.43. The predicted octanol–water partition coefficient (Wildman–Crippen LogP) is 5.12. The lowest BCUT2D eigenvalue weighted by Crippen LogP contribution is -2.18. The van der Waals surface area contributed by atoms with Crippen molar-refractivity contribution in [2.75, 3.05) is 0 Å². The summed E-state index contributed by atoms with van der Waals surface area (Å²) in [6, 6.07) is 11.0. The van der Waals surface area contributed by atoms with Gasteiger partial charge < -0.3 is 10.5 Å². The van der Waals surface area contributed by atoms with Crippen molar-refractivity contribution in [2.45, 2.75) is 26.0 Å². The van der Waals surface area contributed by atoms with Gasteiger partial charge in [0.05, 0.1) is 10.0 Å². The molecule has 0 fully saturated rings. The lowest BCUT2D eigenvalue weighted by Gasteiger charge is -2.15. The topological polar surface area (TPSA) is 35.2 Å². The fraction of sp³-hybridized carbons (Fsp3) is 0.250. The molecule has 5 heteroatoms. The van der Waals surface area contributed by atoms with Gasteiger partial charge in [-0.05, 0) is 43.2 Å². The Morgan fingerprint density at radius 3 is 2.48 bits per heavy atom. The van der Waals surface area contributed by atoms with E-state index in [9.17, 15) is 0 Å². The lowest BCUT2D eigenvalue weighted by molar-refractivity contribution is 0.302. The highest BCUT2D eigenvalue weighted by molar-refractivity contribution is 6.42. The molecule has 0 aromatic heterocycles. The highest BCUT2D eigenvalue weighted by Gasteiger charge is 2.11. The second-order valence-corrected chi connectivity index (χ2v) is 6.16. The summed E-state index contributed by atoms with van der Waals surface area (Å²) in [6.07, 6.45) is 0.663. The van der Waals surface area contributed by atoms with E-state index in [1.807, 2.05) is 31.2 Å². The Hall–Kier alpha value is -0.930. The molecule has 112 valence electrons. The number of benzene rings is 2. The Morgan fingerprint density at radius 2 is 1.81 bits per heavy atom. The van der Waals surface area contributed by atoms with Crippen LogP contribution in [0.4, 0.5) is 0 Å². The number of hydrogen-bond acceptors (Lipinski definition) is 2. The molecular weight excluding hydrogens is 329 g/mol. The zero-order chi connectivity index (χ0) is 15.4. The van der Waals surface area contributed by atoms with Crippen molar-refractivity contribution in [3.63, 3.8) is 0 Å². The van der Waals surface area contributed by atoms with Gasteiger partial charge in [-0.3, -0.25) is 0 Å². The zero-order valence-corrected chi connectivity index (χ0v) is 13.8. The average molecular weight is 345 g/mol. The van der Waals surface area contributed by atoms with Crippen molar-refractivity contribution in [3.05, 3.63) is 62.6 Å². The maximum atomic E-state index is 6.23. The first-order chi connectivity index (χ1) is 9.97. The second-order valence-electron chi connectivity index (χ2n) is 4.94. The summed E-state index contributed by atoms with van der Waals surface area (Å²) in [5.74, 6) is 0.742. The SMILES string of the molecule is CC(N)Cc1c(Cl)cccc1OCc1ccc(Cl)c(Cl)c1. The van der Waals surface area contributed by atoms with Crippen LogP contribution in [-0.4, -0.2) is 6.04 Å². The summed E-state index contributed by atoms with van der Waals surface area (Å²) in [6.45, 7) is 2.33. The number of rotatable bonds is 5. The number of hydrogen-bond donors (Lipinski definition) is 1. The third-order valence-electron chi connectivity index (χ3n) is 2.98. The molecule has 0 spiro atoms. The van der Waals surface area contributed by atoms with Crippen LogP contribution in [0, 0.1) is 0 Å². The second kappa shape index (κ2) is 7.37. The van der Waals surface area contributed by atoms with Gasteiger partial charge in [0.15, 0.2) is 0 Å². The Balaban J connectivity index is 2.15. The van der Waals surface area contributed by atoms with Crippen molar-refractivity contribution in [3.8, 4) is 5.75 Å². The van der Waals surface area contributed by atoms with Gasteiger partial charge in [-0.2, -0.15) is 0 Å². The van der Waals surface area contributed by atoms with Crippen LogP contribution in [0.25, 0.3) is 0 Å². The molecule has 0 bridgehead atoms. The van der Waals surface area contributed by atoms with E-state index < -0.39 is 0 Å². The van der Waals surface area contributed by atoms with Crippen LogP contribution in [0.2, 0.25) is 15.1 Å². The van der Waals surface area contributed by atoms with E-state index in [0.717, 1.165) is 16.9 Å². The van der Waals surface area contributed by atoms with E-state index >= 15 is 0 Å². The number of nitrogens with two attached hydrogens (primary N) is 1. The van der Waals surface area contributed by atoms with Crippen molar-refractivity contribution in [2.24, 2.45) is 5.73 Å². The van der Waals surface area contributed by atoms with E-state index in [0.29, 0.717) is 28.1 Å². The molecular formula is C16H16Cl3NO. The van der Waals surface area contributed by atoms with E-state index in [4.69, 9.17) is 45.3 Å². The van der Waals surface area contributed by atoms with Crippen LogP contribution in [0.5, 0.6) is 5.75 Å². The molecule has 0 saturated heterocycles. The highest BCUT2D eigenvalue weighted by Crippen LogP contribution is 2.29. The van der Waals surface area contributed by atoms with Gasteiger partial charge in [-0.15, -0.1) is 0 Å². The van der Waals surface area contributed by atoms with E-state index in [2.05, 4.69) is 0 Å². The van der Waals surface area contributed by atoms with Crippen LogP contribution < -0.4 is 10.5 Å². The quantitative estimate of drug-likeness (QED) is 0.817. The minimum Gasteiger partial charge on any atom is -0.489 e. The maximum absolute atomic E-state index is 6.23. The van der Waals surface area contributed by atoms with E-state index in [-0.39, 0.29) is 6.04 Å². The number of ether oxygens (including phenoxy) is 1. The summed E-state index contributed by atoms with van der Waals surface area (Å²) in [7, 11) is 0. The smallest absolute Gasteiger partial charge is 0.124 e. The minimum absolute atomic E-state index is 0.0113. The molecule has 2 aromatic rings. The minimum atomic E-state index is 0.0113. The van der Waals surface area contributed by atoms with Crippen LogP contribution >= 0.6 is 34.8 Å². The predicted molar refractivity (Wildman–Crippen MR) is 89.6 cm³/mol. The van der Waals surface area contributed by atoms with Gasteiger partial charge >= 0.3 is 0 Å². The first-order valence-electron chi connectivity index (χ1n) is 6.57. The third kappa shape index (κ3) is 4.52. The largest absolute Gasteiger partial charge is 0.489 e. The molecule has 1 atom stereocenters. The van der Waals surface area contributed by atoms with Gasteiger partial charge in [0.1, 0.15) is 12.4 Å². The van der Waals surface area contributed by atoms with Crippen LogP contribution in [0.1, 0.15) is 18.1 Å². The van der Waals surface area contributed by atoms with Crippen molar-refractivity contribution in [1.29, 1.82) is 0 Å². The molecule has 0 heterocycles. The lowest BCUT2D eigenvalue weighted by atomic mass is 10.1. The van der Waals surface area contributed by atoms with Crippen molar-refractivity contribution >= 4 is 34.8 Å². The molecule has 2 N–H and O–H groups in total. The molecule has 0 saturated carbocycles. The fourth-order valence-corrected chi connectivity index (χ4v) is 2.55. The summed E-state index contributed by atoms with van der Waals surface area (Å²) < 4.78 is 5.86. The van der Waals surface area contributed by atoms with E-state index in [1.54, 1.807) is 12.1 Å². The van der Waals surface area contributed by atoms with Gasteiger partial charge in [0.2, 0.25) is 0 Å². The summed E-state index contributed by atoms with van der Waals surface area (Å²) in [5, 5.41) is 1.71. The third-order valence-corrected chi connectivity index (χ3v) is 4.07. The van der Waals surface area contributed by atoms with Gasteiger partial charge in [-0.1, -0.05) is 46.9 Å². The molecule has 0 amide bonds. The molecule has 2 rings (SSSR count). The molecule has 0 radical (unpaired) electrons. The van der Waals surface area contributed by atoms with Crippen LogP contribution in [0.15, 0.2) is 36.4 Å². The molecule has 21 heavy (non-hydrogen) atoms. The Bertz CT molecular complexity index is 629. The molecule has 2 nitrogen and oxygen atoms in total. The fourth-order valence-electron chi connectivity index (χ4n) is 1.98. The van der Waals surface area contributed by atoms with Crippen LogP contribution in [-0.2, 0) is 13.0 Å². The molecule has 1 unspecified atom stereocenters. The first kappa shape index (κ1) is 16.4. The summed E-state index contributed by atoms with van der Waals surface area (Å²) in [5.41, 5.74) is 7.73. The standard InChI is InChI=1S/C16H16Cl3NO/c1-10(20)7-12-13(17)3-2-4-16(12)21-9-11-5-6-14(18)15(19)8-11/h2-6,8,10H,7,9,20H2,1H3. The van der Waals surface area contributed by atoms with E-state index in [1.165, 1.54) is 0 Å². The monoisotopic (exact) mass is 343 g/mol. The van der Waals surface area contributed by atoms with Crippen molar-refractivity contribution < 1.29 is 4.74 Å². The zero-order valence-electron chi connectivity index (χ0n) is 11.6. The number of halogens is 3. The maximum Gasteiger partial charge on any atom is 0.124 e. The molecule has 0 aliphatic carbocycles. The Labute approximate surface area is 139 Å². The highest BCUT2D eigenvalue weighted by atomic mass is 35.5. The Morgan fingerprint density at radius 1 is 1.05 bits per heavy atom. The van der Waals surface area contributed by atoms with Gasteiger partial charge in [0.25, 0.3) is 0 Å². The van der Waals surface area contributed by atoms with Gasteiger partial charge in [-0.25, -0.2) is 0 Å². The summed E-state index contributed by atoms with van der Waals surface area (Å²) in [4.78, 5) is 0. The molecule has 0 aliphatic heterocycles. The van der Waals surface area contributed by atoms with Crippen molar-refractivity contribution in [1.82, 2.24) is 0 Å². The molecule has 0 aliphatic rings.